The Morgan fingerprint density at radius 2 is 1.59 bits per heavy atom. The molecule has 0 saturated heterocycles. The molecule has 32 heavy (non-hydrogen) atoms. The molecule has 4 aromatic carbocycles. The van der Waals surface area contributed by atoms with E-state index in [1.54, 1.807) is 12.5 Å². The highest BCUT2D eigenvalue weighted by atomic mass is 15.1. The highest BCUT2D eigenvalue weighted by Gasteiger charge is 2.20. The number of hydrogen-bond acceptors (Lipinski definition) is 2. The summed E-state index contributed by atoms with van der Waals surface area (Å²) in [6.45, 7) is 4.00. The zero-order chi connectivity index (χ0) is 21.7. The van der Waals surface area contributed by atoms with Crippen LogP contribution in [-0.4, -0.2) is 19.1 Å². The Balaban J connectivity index is 0.000000953. The quantitative estimate of drug-likeness (QED) is 0.282. The third kappa shape index (κ3) is 2.50. The van der Waals surface area contributed by atoms with Crippen LogP contribution in [0.1, 0.15) is 13.8 Å². The van der Waals surface area contributed by atoms with Crippen molar-refractivity contribution in [1.29, 1.82) is 0 Å². The summed E-state index contributed by atoms with van der Waals surface area (Å²) in [6.07, 6.45) is 5.57. The monoisotopic (exact) mass is 414 g/mol. The molecule has 0 saturated carbocycles. The fourth-order valence-corrected chi connectivity index (χ4v) is 4.85. The Labute approximate surface area is 185 Å². The minimum atomic E-state index is 0.886. The molecule has 0 fully saturated rings. The molecule has 0 radical (unpaired) electrons. The molecule has 0 bridgehead atoms. The van der Waals surface area contributed by atoms with Gasteiger partial charge in [0.25, 0.3) is 0 Å². The molecular weight excluding hydrogens is 392 g/mol. The first-order chi connectivity index (χ1) is 15.9. The molecule has 0 unspecified atom stereocenters. The first-order valence-electron chi connectivity index (χ1n) is 11.0. The Morgan fingerprint density at radius 1 is 0.719 bits per heavy atom. The maximum Gasteiger partial charge on any atom is 0.140 e. The molecule has 4 heteroatoms. The van der Waals surface area contributed by atoms with Crippen LogP contribution in [0, 0.1) is 0 Å². The van der Waals surface area contributed by atoms with Crippen LogP contribution >= 0.6 is 0 Å². The standard InChI is InChI=1S/C26H16N4.C2H6/c1-2-6-19(7-3-1)29-14-12-18-15-22-25-20(26(18)29)10-9-17-5-4-8-21(24(17)25)30(22)23-11-13-27-16-28-23;1-2/h1-16H;1-2H3. The van der Waals surface area contributed by atoms with Crippen LogP contribution in [0.5, 0.6) is 0 Å². The molecule has 0 N–H and O–H groups in total. The van der Waals surface area contributed by atoms with E-state index < -0.39 is 0 Å². The molecule has 0 amide bonds. The lowest BCUT2D eigenvalue weighted by Crippen LogP contribution is -1.97. The Kier molecular flexibility index (Phi) is 4.18. The fourth-order valence-electron chi connectivity index (χ4n) is 4.85. The van der Waals surface area contributed by atoms with Gasteiger partial charge in [-0.1, -0.05) is 56.3 Å². The highest BCUT2D eigenvalue weighted by molar-refractivity contribution is 6.29. The molecule has 4 nitrogen and oxygen atoms in total. The zero-order valence-electron chi connectivity index (χ0n) is 18.0. The lowest BCUT2D eigenvalue weighted by Gasteiger charge is -2.10. The normalized spacial score (nSPS) is 11.4. The summed E-state index contributed by atoms with van der Waals surface area (Å²) in [6, 6.07) is 28.0. The first kappa shape index (κ1) is 18.6. The maximum atomic E-state index is 4.56. The Hall–Kier alpha value is -4.18. The van der Waals surface area contributed by atoms with Gasteiger partial charge in [-0.15, -0.1) is 0 Å². The maximum absolute atomic E-state index is 4.56. The van der Waals surface area contributed by atoms with Crippen molar-refractivity contribution in [3.8, 4) is 11.5 Å². The topological polar surface area (TPSA) is 35.6 Å². The van der Waals surface area contributed by atoms with E-state index in [2.05, 4.69) is 98.1 Å². The summed E-state index contributed by atoms with van der Waals surface area (Å²) < 4.78 is 4.54. The van der Waals surface area contributed by atoms with Crippen molar-refractivity contribution in [2.75, 3.05) is 0 Å². The number of fused-ring (bicyclic) bond motifs is 2. The van der Waals surface area contributed by atoms with E-state index in [0.717, 1.165) is 5.82 Å². The molecule has 0 aliphatic carbocycles. The lowest BCUT2D eigenvalue weighted by molar-refractivity contribution is 1.04. The van der Waals surface area contributed by atoms with Gasteiger partial charge in [0.05, 0.1) is 16.6 Å². The molecule has 7 rings (SSSR count). The van der Waals surface area contributed by atoms with Crippen LogP contribution in [0.2, 0.25) is 0 Å². The van der Waals surface area contributed by atoms with Crippen molar-refractivity contribution in [1.82, 2.24) is 19.1 Å². The van der Waals surface area contributed by atoms with Crippen molar-refractivity contribution in [3.05, 3.63) is 97.6 Å². The summed E-state index contributed by atoms with van der Waals surface area (Å²) in [5, 5.41) is 6.28. The van der Waals surface area contributed by atoms with E-state index in [0.29, 0.717) is 0 Å². The van der Waals surface area contributed by atoms with E-state index in [1.807, 2.05) is 19.9 Å². The van der Waals surface area contributed by atoms with Gasteiger partial charge in [-0.2, -0.15) is 0 Å². The predicted molar refractivity (Wildman–Crippen MR) is 133 cm³/mol. The number of benzene rings is 4. The summed E-state index contributed by atoms with van der Waals surface area (Å²) in [4.78, 5) is 8.67. The van der Waals surface area contributed by atoms with Gasteiger partial charge in [-0.05, 0) is 41.8 Å². The predicted octanol–water partition coefficient (Wildman–Crippen LogP) is 7.13. The van der Waals surface area contributed by atoms with E-state index in [4.69, 9.17) is 0 Å². The van der Waals surface area contributed by atoms with Crippen LogP contribution in [0.15, 0.2) is 97.6 Å². The van der Waals surface area contributed by atoms with Crippen LogP contribution in [0.25, 0.3) is 55.0 Å². The molecular formula is C28H22N4. The van der Waals surface area contributed by atoms with Crippen molar-refractivity contribution in [3.63, 3.8) is 0 Å². The van der Waals surface area contributed by atoms with Crippen LogP contribution in [0.3, 0.4) is 0 Å². The first-order valence-corrected chi connectivity index (χ1v) is 11.0. The summed E-state index contributed by atoms with van der Waals surface area (Å²) in [5.41, 5.74) is 4.75. The minimum absolute atomic E-state index is 0.886. The number of rotatable bonds is 2. The Morgan fingerprint density at radius 3 is 2.41 bits per heavy atom. The van der Waals surface area contributed by atoms with Crippen molar-refractivity contribution in [2.45, 2.75) is 13.8 Å². The van der Waals surface area contributed by atoms with Gasteiger partial charge in [-0.25, -0.2) is 9.97 Å². The second kappa shape index (κ2) is 7.20. The second-order valence-corrected chi connectivity index (χ2v) is 7.62. The van der Waals surface area contributed by atoms with Crippen LogP contribution < -0.4 is 0 Å². The molecule has 0 atom stereocenters. The number of para-hydroxylation sites is 1. The van der Waals surface area contributed by atoms with Crippen LogP contribution in [0.4, 0.5) is 0 Å². The zero-order valence-corrected chi connectivity index (χ0v) is 18.0. The average molecular weight is 415 g/mol. The van der Waals surface area contributed by atoms with Crippen molar-refractivity contribution in [2.24, 2.45) is 0 Å². The van der Waals surface area contributed by atoms with Gasteiger partial charge < -0.3 is 4.57 Å². The van der Waals surface area contributed by atoms with Gasteiger partial charge in [0.1, 0.15) is 12.1 Å². The lowest BCUT2D eigenvalue weighted by atomic mass is 10.0. The SMILES string of the molecule is CC.c1ccc(-n2ccc3cc4c5c(ccc6cccc(c65)n4-c4ccncn4)c32)cc1. The second-order valence-electron chi connectivity index (χ2n) is 7.62. The molecule has 3 heterocycles. The van der Waals surface area contributed by atoms with Crippen molar-refractivity contribution < 1.29 is 0 Å². The summed E-state index contributed by atoms with van der Waals surface area (Å²) >= 11 is 0. The van der Waals surface area contributed by atoms with Crippen molar-refractivity contribution >= 4 is 43.5 Å². The van der Waals surface area contributed by atoms with E-state index in [9.17, 15) is 0 Å². The molecule has 0 aliphatic rings. The van der Waals surface area contributed by atoms with E-state index >= 15 is 0 Å². The average Bonchev–Trinajstić information content (AvgIpc) is 3.45. The smallest absolute Gasteiger partial charge is 0.140 e. The van der Waals surface area contributed by atoms with Gasteiger partial charge in [0, 0.05) is 39.6 Å². The largest absolute Gasteiger partial charge is 0.316 e. The number of nitrogens with zero attached hydrogens (tertiary/aromatic N) is 4. The third-order valence-electron chi connectivity index (χ3n) is 6.06. The van der Waals surface area contributed by atoms with E-state index in [1.165, 1.54) is 49.2 Å². The number of hydrogen-bond donors (Lipinski definition) is 0. The number of aromatic nitrogens is 4. The minimum Gasteiger partial charge on any atom is -0.316 e. The molecule has 7 aromatic rings. The van der Waals surface area contributed by atoms with Gasteiger partial charge in [-0.3, -0.25) is 4.57 Å². The summed E-state index contributed by atoms with van der Waals surface area (Å²) in [7, 11) is 0. The third-order valence-corrected chi connectivity index (χ3v) is 6.06. The van der Waals surface area contributed by atoms with Gasteiger partial charge >= 0.3 is 0 Å². The fraction of sp³-hybridized carbons (Fsp3) is 0.0714. The molecule has 3 aromatic heterocycles. The molecule has 154 valence electrons. The summed E-state index contributed by atoms with van der Waals surface area (Å²) in [5.74, 6) is 0.886. The van der Waals surface area contributed by atoms with E-state index in [-0.39, 0.29) is 0 Å². The molecule has 0 spiro atoms. The van der Waals surface area contributed by atoms with Crippen LogP contribution in [-0.2, 0) is 0 Å². The molecule has 0 aliphatic heterocycles. The highest BCUT2D eigenvalue weighted by Crippen LogP contribution is 2.42. The van der Waals surface area contributed by atoms with Gasteiger partial charge in [0.2, 0.25) is 0 Å². The Bertz CT molecular complexity index is 1680. The van der Waals surface area contributed by atoms with Gasteiger partial charge in [0.15, 0.2) is 0 Å².